The van der Waals surface area contributed by atoms with Crippen molar-refractivity contribution in [1.29, 1.82) is 0 Å². The molecule has 3 heteroatoms. The summed E-state index contributed by atoms with van der Waals surface area (Å²) in [5, 5.41) is 2.80. The maximum atomic E-state index is 9.83. The van der Waals surface area contributed by atoms with E-state index in [0.717, 1.165) is 25.4 Å². The van der Waals surface area contributed by atoms with Gasteiger partial charge >= 0.3 is 0 Å². The van der Waals surface area contributed by atoms with Crippen LogP contribution in [-0.2, 0) is 4.74 Å². The first-order chi connectivity index (χ1) is 9.27. The van der Waals surface area contributed by atoms with Gasteiger partial charge in [0.15, 0.2) is 0 Å². The fourth-order valence-corrected chi connectivity index (χ4v) is 2.15. The highest BCUT2D eigenvalue weighted by Crippen LogP contribution is 2.12. The topological polar surface area (TPSA) is 38.7 Å². The zero-order valence-corrected chi connectivity index (χ0v) is 13.0. The lowest BCUT2D eigenvalue weighted by atomic mass is 10.0. The SMILES string of the molecule is CC(C)CCCCCCCCCCOCCCN=O. The van der Waals surface area contributed by atoms with Gasteiger partial charge in [-0.05, 0) is 18.8 Å². The Kier molecular flexibility index (Phi) is 15.3. The molecule has 0 aromatic carbocycles. The Labute approximate surface area is 119 Å². The summed E-state index contributed by atoms with van der Waals surface area (Å²) < 4.78 is 5.42. The number of hydrogen-bond acceptors (Lipinski definition) is 3. The van der Waals surface area contributed by atoms with Crippen LogP contribution in [-0.4, -0.2) is 19.8 Å². The Morgan fingerprint density at radius 2 is 1.32 bits per heavy atom. The van der Waals surface area contributed by atoms with Gasteiger partial charge in [0.2, 0.25) is 0 Å². The molecule has 0 aromatic rings. The second-order valence-corrected chi connectivity index (χ2v) is 5.83. The van der Waals surface area contributed by atoms with Crippen molar-refractivity contribution >= 4 is 0 Å². The molecule has 0 N–H and O–H groups in total. The second-order valence-electron chi connectivity index (χ2n) is 5.83. The first-order valence-electron chi connectivity index (χ1n) is 8.14. The minimum atomic E-state index is 0.386. The molecule has 0 heterocycles. The van der Waals surface area contributed by atoms with Gasteiger partial charge in [-0.25, -0.2) is 0 Å². The molecule has 0 radical (unpaired) electrons. The highest BCUT2D eigenvalue weighted by atomic mass is 16.5. The number of nitrogens with zero attached hydrogens (tertiary/aromatic N) is 1. The van der Waals surface area contributed by atoms with Gasteiger partial charge in [-0.1, -0.05) is 70.4 Å². The third-order valence-corrected chi connectivity index (χ3v) is 3.36. The summed E-state index contributed by atoms with van der Waals surface area (Å²) in [7, 11) is 0. The fraction of sp³-hybridized carbons (Fsp3) is 1.00. The zero-order chi connectivity index (χ0) is 14.2. The fourth-order valence-electron chi connectivity index (χ4n) is 2.15. The third kappa shape index (κ3) is 17.6. The van der Waals surface area contributed by atoms with Gasteiger partial charge in [-0.3, -0.25) is 0 Å². The van der Waals surface area contributed by atoms with Crippen LogP contribution in [0.5, 0.6) is 0 Å². The predicted octanol–water partition coefficient (Wildman–Crippen LogP) is 5.33. The molecule has 0 saturated carbocycles. The van der Waals surface area contributed by atoms with Crippen LogP contribution in [0.3, 0.4) is 0 Å². The maximum absolute atomic E-state index is 9.83. The van der Waals surface area contributed by atoms with Crippen molar-refractivity contribution in [3.05, 3.63) is 4.91 Å². The van der Waals surface area contributed by atoms with Gasteiger partial charge in [0, 0.05) is 13.2 Å². The van der Waals surface area contributed by atoms with Gasteiger partial charge in [-0.15, -0.1) is 0 Å². The number of unbranched alkanes of at least 4 members (excludes halogenated alkanes) is 7. The first-order valence-corrected chi connectivity index (χ1v) is 8.14. The van der Waals surface area contributed by atoms with E-state index in [0.29, 0.717) is 13.2 Å². The molecule has 0 spiro atoms. The summed E-state index contributed by atoms with van der Waals surface area (Å²) >= 11 is 0. The average Bonchev–Trinajstić information content (AvgIpc) is 2.39. The standard InChI is InChI=1S/C16H33NO2/c1-16(2)12-9-7-5-3-4-6-8-10-14-19-15-11-13-17-18/h16H,3-15H2,1-2H3. The number of ether oxygens (including phenoxy) is 1. The van der Waals surface area contributed by atoms with Crippen molar-refractivity contribution in [2.24, 2.45) is 11.1 Å². The lowest BCUT2D eigenvalue weighted by Crippen LogP contribution is -1.98. The van der Waals surface area contributed by atoms with Crippen LogP contribution in [0.1, 0.15) is 78.1 Å². The first kappa shape index (κ1) is 18.6. The Morgan fingerprint density at radius 1 is 0.789 bits per heavy atom. The van der Waals surface area contributed by atoms with Crippen molar-refractivity contribution in [3.8, 4) is 0 Å². The van der Waals surface area contributed by atoms with Crippen molar-refractivity contribution in [2.45, 2.75) is 78.1 Å². The van der Waals surface area contributed by atoms with E-state index in [1.165, 1.54) is 51.4 Å². The summed E-state index contributed by atoms with van der Waals surface area (Å²) in [4.78, 5) is 9.83. The van der Waals surface area contributed by atoms with Gasteiger partial charge in [0.25, 0.3) is 0 Å². The van der Waals surface area contributed by atoms with E-state index in [2.05, 4.69) is 19.0 Å². The minimum Gasteiger partial charge on any atom is -0.381 e. The second kappa shape index (κ2) is 15.6. The number of rotatable bonds is 15. The molecule has 0 bridgehead atoms. The van der Waals surface area contributed by atoms with Crippen LogP contribution in [0, 0.1) is 10.8 Å². The molecule has 0 unspecified atom stereocenters. The Hall–Kier alpha value is -0.440. The molecular formula is C16H33NO2. The van der Waals surface area contributed by atoms with Crippen LogP contribution >= 0.6 is 0 Å². The van der Waals surface area contributed by atoms with Crippen molar-refractivity contribution in [3.63, 3.8) is 0 Å². The molecule has 0 saturated heterocycles. The van der Waals surface area contributed by atoms with Crippen molar-refractivity contribution in [2.75, 3.05) is 19.8 Å². The van der Waals surface area contributed by atoms with E-state index in [-0.39, 0.29) is 0 Å². The molecule has 0 aliphatic rings. The highest BCUT2D eigenvalue weighted by Gasteiger charge is 1.95. The Bertz CT molecular complexity index is 184. The van der Waals surface area contributed by atoms with E-state index >= 15 is 0 Å². The van der Waals surface area contributed by atoms with E-state index in [4.69, 9.17) is 4.74 Å². The molecule has 114 valence electrons. The molecule has 0 fully saturated rings. The van der Waals surface area contributed by atoms with Gasteiger partial charge in [0.05, 0.1) is 6.54 Å². The van der Waals surface area contributed by atoms with Crippen LogP contribution in [0.25, 0.3) is 0 Å². The summed E-state index contributed by atoms with van der Waals surface area (Å²) in [6.45, 7) is 6.51. The van der Waals surface area contributed by atoms with E-state index < -0.39 is 0 Å². The predicted molar refractivity (Wildman–Crippen MR) is 82.5 cm³/mol. The van der Waals surface area contributed by atoms with E-state index in [9.17, 15) is 4.91 Å². The molecule has 0 atom stereocenters. The zero-order valence-electron chi connectivity index (χ0n) is 13.0. The molecule has 0 aromatic heterocycles. The summed E-state index contributed by atoms with van der Waals surface area (Å²) in [6, 6.07) is 0. The van der Waals surface area contributed by atoms with Gasteiger partial charge in [-0.2, -0.15) is 4.91 Å². The van der Waals surface area contributed by atoms with Crippen LogP contribution in [0.4, 0.5) is 0 Å². The van der Waals surface area contributed by atoms with Gasteiger partial charge in [0.1, 0.15) is 0 Å². The summed E-state index contributed by atoms with van der Waals surface area (Å²) in [5.74, 6) is 0.863. The highest BCUT2D eigenvalue weighted by molar-refractivity contribution is 4.49. The lowest BCUT2D eigenvalue weighted by Gasteiger charge is -2.05. The van der Waals surface area contributed by atoms with Crippen molar-refractivity contribution < 1.29 is 4.74 Å². The molecule has 0 aliphatic carbocycles. The average molecular weight is 271 g/mol. The largest absolute Gasteiger partial charge is 0.381 e. The monoisotopic (exact) mass is 271 g/mol. The Balaban J connectivity index is 2.93. The Morgan fingerprint density at radius 3 is 1.89 bits per heavy atom. The van der Waals surface area contributed by atoms with Crippen LogP contribution in [0.15, 0.2) is 5.18 Å². The normalized spacial score (nSPS) is 11.1. The molecule has 19 heavy (non-hydrogen) atoms. The summed E-state index contributed by atoms with van der Waals surface area (Å²) in [6.07, 6.45) is 12.9. The third-order valence-electron chi connectivity index (χ3n) is 3.36. The molecule has 0 aliphatic heterocycles. The maximum Gasteiger partial charge on any atom is 0.0833 e. The number of nitroso groups, excluding NO2 is 1. The van der Waals surface area contributed by atoms with Crippen LogP contribution < -0.4 is 0 Å². The lowest BCUT2D eigenvalue weighted by molar-refractivity contribution is 0.129. The van der Waals surface area contributed by atoms with Gasteiger partial charge < -0.3 is 4.74 Å². The molecule has 0 rings (SSSR count). The molecule has 0 amide bonds. The van der Waals surface area contributed by atoms with Crippen molar-refractivity contribution in [1.82, 2.24) is 0 Å². The van der Waals surface area contributed by atoms with E-state index in [1.807, 2.05) is 0 Å². The number of hydrogen-bond donors (Lipinski definition) is 0. The minimum absolute atomic E-state index is 0.386. The smallest absolute Gasteiger partial charge is 0.0833 e. The summed E-state index contributed by atoms with van der Waals surface area (Å²) in [5.41, 5.74) is 0. The van der Waals surface area contributed by atoms with E-state index in [1.54, 1.807) is 0 Å². The van der Waals surface area contributed by atoms with Crippen LogP contribution in [0.2, 0.25) is 0 Å². The molecule has 3 nitrogen and oxygen atoms in total. The molecular weight excluding hydrogens is 238 g/mol. The quantitative estimate of drug-likeness (QED) is 0.298.